The summed E-state index contributed by atoms with van der Waals surface area (Å²) in [5, 5.41) is 14.6. The van der Waals surface area contributed by atoms with Crippen LogP contribution in [-0.4, -0.2) is 41.6 Å². The van der Waals surface area contributed by atoms with Crippen LogP contribution < -0.4 is 19.7 Å². The number of aryl methyl sites for hydroxylation is 1. The van der Waals surface area contributed by atoms with E-state index in [9.17, 15) is 13.5 Å². The quantitative estimate of drug-likeness (QED) is 0.277. The van der Waals surface area contributed by atoms with Crippen molar-refractivity contribution in [1.82, 2.24) is 14.9 Å². The van der Waals surface area contributed by atoms with Gasteiger partial charge in [0.25, 0.3) is 0 Å². The summed E-state index contributed by atoms with van der Waals surface area (Å²) < 4.78 is 33.8. The number of ether oxygens (including phenoxy) is 1. The highest BCUT2D eigenvalue weighted by Crippen LogP contribution is 2.45. The average Bonchev–Trinajstić information content (AvgIpc) is 3.39. The smallest absolute Gasteiger partial charge is 0.229 e. The van der Waals surface area contributed by atoms with Gasteiger partial charge in [0.15, 0.2) is 5.11 Å². The molecule has 2 aromatic carbocycles. The zero-order chi connectivity index (χ0) is 27.9. The van der Waals surface area contributed by atoms with Gasteiger partial charge in [0, 0.05) is 29.3 Å². The number of hydrogen-bond donors (Lipinski definition) is 3. The number of phenolic OH excluding ortho intramolecular Hbond substituents is 1. The van der Waals surface area contributed by atoms with E-state index in [1.54, 1.807) is 36.5 Å². The fourth-order valence-corrected chi connectivity index (χ4v) is 6.09. The number of phenols is 1. The number of aromatic hydroxyl groups is 1. The van der Waals surface area contributed by atoms with Gasteiger partial charge in [-0.2, -0.15) is 0 Å². The minimum absolute atomic E-state index is 0.183. The van der Waals surface area contributed by atoms with Crippen LogP contribution in [0.25, 0.3) is 5.69 Å². The zero-order valence-electron chi connectivity index (χ0n) is 21.9. The van der Waals surface area contributed by atoms with Crippen LogP contribution >= 0.6 is 12.2 Å². The number of rotatable bonds is 7. The Morgan fingerprint density at radius 1 is 1.08 bits per heavy atom. The molecule has 0 amide bonds. The molecule has 2 atom stereocenters. The molecule has 9 nitrogen and oxygen atoms in total. The van der Waals surface area contributed by atoms with E-state index in [2.05, 4.69) is 21.1 Å². The second-order valence-electron chi connectivity index (χ2n) is 9.41. The van der Waals surface area contributed by atoms with Gasteiger partial charge in [-0.15, -0.1) is 0 Å². The molecule has 3 heterocycles. The number of sulfonamides is 1. The van der Waals surface area contributed by atoms with Crippen molar-refractivity contribution in [3.63, 3.8) is 0 Å². The monoisotopic (exact) mass is 563 g/mol. The van der Waals surface area contributed by atoms with E-state index in [0.29, 0.717) is 22.2 Å². The SMILES string of the molecule is COc1cc(N2C(=S)N[C@@H](c3ccccn3)[C@H]2c2cc(C)n(-c3ccccc3O)c2C)ccc1NS(C)(=O)=O. The number of aromatic nitrogens is 2. The van der Waals surface area contributed by atoms with Gasteiger partial charge in [-0.25, -0.2) is 8.42 Å². The van der Waals surface area contributed by atoms with E-state index in [1.807, 2.05) is 53.6 Å². The van der Waals surface area contributed by atoms with E-state index in [1.165, 1.54) is 7.11 Å². The fourth-order valence-electron chi connectivity index (χ4n) is 5.17. The summed E-state index contributed by atoms with van der Waals surface area (Å²) >= 11 is 5.86. The van der Waals surface area contributed by atoms with Crippen LogP contribution in [0.3, 0.4) is 0 Å². The normalized spacial score (nSPS) is 17.2. The highest BCUT2D eigenvalue weighted by Gasteiger charge is 2.42. The second kappa shape index (κ2) is 10.2. The topological polar surface area (TPSA) is 109 Å². The first-order valence-corrected chi connectivity index (χ1v) is 14.5. The summed E-state index contributed by atoms with van der Waals surface area (Å²) in [6.45, 7) is 4.02. The number of hydrogen-bond acceptors (Lipinski definition) is 6. The lowest BCUT2D eigenvalue weighted by Gasteiger charge is -2.29. The minimum Gasteiger partial charge on any atom is -0.506 e. The molecule has 2 aromatic heterocycles. The highest BCUT2D eigenvalue weighted by atomic mass is 32.2. The molecule has 4 aromatic rings. The van der Waals surface area contributed by atoms with Crippen molar-refractivity contribution in [3.05, 3.63) is 95.6 Å². The molecule has 39 heavy (non-hydrogen) atoms. The Morgan fingerprint density at radius 2 is 1.82 bits per heavy atom. The molecular weight excluding hydrogens is 534 g/mol. The van der Waals surface area contributed by atoms with Crippen LogP contribution in [0, 0.1) is 13.8 Å². The lowest BCUT2D eigenvalue weighted by Crippen LogP contribution is -2.29. The molecule has 202 valence electrons. The number of anilines is 2. The second-order valence-corrected chi connectivity index (χ2v) is 11.5. The number of methoxy groups -OCH3 is 1. The van der Waals surface area contributed by atoms with Crippen LogP contribution in [0.5, 0.6) is 11.5 Å². The molecular formula is C28H29N5O4S2. The van der Waals surface area contributed by atoms with Gasteiger partial charge >= 0.3 is 0 Å². The van der Waals surface area contributed by atoms with Crippen molar-refractivity contribution in [2.45, 2.75) is 25.9 Å². The number of thiocarbonyl (C=S) groups is 1. The third-order valence-electron chi connectivity index (χ3n) is 6.77. The summed E-state index contributed by atoms with van der Waals surface area (Å²) in [5.74, 6) is 0.545. The maximum atomic E-state index is 11.9. The van der Waals surface area contributed by atoms with Gasteiger partial charge in [0.1, 0.15) is 11.5 Å². The standard InChI is InChI=1S/C28H29N5O4S2/c1-17-15-20(18(2)32(17)23-10-5-6-11-24(23)34)27-26(22-9-7-8-14-29-22)30-28(38)33(27)19-12-13-21(25(16-19)37-3)31-39(4,35)36/h5-16,26-27,31,34H,1-4H3,(H,30,38)/t26-,27+/m0/s1. The average molecular weight is 564 g/mol. The molecule has 1 saturated heterocycles. The maximum absolute atomic E-state index is 11.9. The molecule has 1 fully saturated rings. The van der Waals surface area contributed by atoms with E-state index < -0.39 is 10.0 Å². The van der Waals surface area contributed by atoms with Crippen LogP contribution in [0.2, 0.25) is 0 Å². The molecule has 3 N–H and O–H groups in total. The summed E-state index contributed by atoms with van der Waals surface area (Å²) in [4.78, 5) is 6.62. The molecule has 0 unspecified atom stereocenters. The Morgan fingerprint density at radius 3 is 2.49 bits per heavy atom. The predicted molar refractivity (Wildman–Crippen MR) is 156 cm³/mol. The first kappa shape index (κ1) is 26.5. The van der Waals surface area contributed by atoms with Crippen molar-refractivity contribution in [2.24, 2.45) is 0 Å². The molecule has 1 aliphatic rings. The third-order valence-corrected chi connectivity index (χ3v) is 7.67. The van der Waals surface area contributed by atoms with Crippen LogP contribution in [0.15, 0.2) is 72.9 Å². The van der Waals surface area contributed by atoms with Crippen molar-refractivity contribution in [3.8, 4) is 17.2 Å². The predicted octanol–water partition coefficient (Wildman–Crippen LogP) is 4.75. The van der Waals surface area contributed by atoms with Gasteiger partial charge in [-0.05, 0) is 74.1 Å². The van der Waals surface area contributed by atoms with E-state index in [4.69, 9.17) is 17.0 Å². The number of nitrogens with one attached hydrogen (secondary N) is 2. The van der Waals surface area contributed by atoms with Crippen molar-refractivity contribution < 1.29 is 18.3 Å². The zero-order valence-corrected chi connectivity index (χ0v) is 23.5. The van der Waals surface area contributed by atoms with E-state index in [-0.39, 0.29) is 17.8 Å². The lowest BCUT2D eigenvalue weighted by molar-refractivity contribution is 0.417. The van der Waals surface area contributed by atoms with Crippen LogP contribution in [-0.2, 0) is 10.0 Å². The number of para-hydroxylation sites is 2. The summed E-state index contributed by atoms with van der Waals surface area (Å²) in [7, 11) is -2.01. The van der Waals surface area contributed by atoms with Gasteiger partial charge in [0.2, 0.25) is 10.0 Å². The summed E-state index contributed by atoms with van der Waals surface area (Å²) in [6, 6.07) is 19.7. The summed E-state index contributed by atoms with van der Waals surface area (Å²) in [5.41, 5.74) is 5.45. The van der Waals surface area contributed by atoms with Gasteiger partial charge in [-0.1, -0.05) is 18.2 Å². The van der Waals surface area contributed by atoms with Crippen molar-refractivity contribution in [2.75, 3.05) is 23.0 Å². The highest BCUT2D eigenvalue weighted by molar-refractivity contribution is 7.92. The fraction of sp³-hybridized carbons (Fsp3) is 0.214. The Hall–Kier alpha value is -4.09. The Bertz CT molecular complexity index is 1650. The minimum atomic E-state index is -3.50. The molecule has 0 saturated carbocycles. The largest absolute Gasteiger partial charge is 0.506 e. The Labute approximate surface area is 233 Å². The molecule has 0 bridgehead atoms. The van der Waals surface area contributed by atoms with Crippen molar-refractivity contribution >= 4 is 38.7 Å². The Balaban J connectivity index is 1.67. The van der Waals surface area contributed by atoms with Gasteiger partial charge in [-0.3, -0.25) is 9.71 Å². The molecule has 1 aliphatic heterocycles. The molecule has 0 aliphatic carbocycles. The van der Waals surface area contributed by atoms with Crippen molar-refractivity contribution in [1.29, 1.82) is 0 Å². The first-order chi connectivity index (χ1) is 18.6. The van der Waals surface area contributed by atoms with Crippen LogP contribution in [0.1, 0.15) is 34.7 Å². The first-order valence-electron chi connectivity index (χ1n) is 12.2. The van der Waals surface area contributed by atoms with Gasteiger partial charge in [0.05, 0.1) is 42.5 Å². The maximum Gasteiger partial charge on any atom is 0.229 e. The van der Waals surface area contributed by atoms with E-state index >= 15 is 0 Å². The third kappa shape index (κ3) is 5.02. The number of nitrogens with zero attached hydrogens (tertiary/aromatic N) is 3. The number of benzene rings is 2. The lowest BCUT2D eigenvalue weighted by atomic mass is 9.96. The molecule has 11 heteroatoms. The van der Waals surface area contributed by atoms with Crippen LogP contribution in [0.4, 0.5) is 11.4 Å². The summed E-state index contributed by atoms with van der Waals surface area (Å²) in [6.07, 6.45) is 2.84. The Kier molecular flexibility index (Phi) is 6.96. The molecule has 5 rings (SSSR count). The van der Waals surface area contributed by atoms with E-state index in [0.717, 1.165) is 34.6 Å². The number of pyridine rings is 1. The molecule has 0 radical (unpaired) electrons. The molecule has 0 spiro atoms. The van der Waals surface area contributed by atoms with Gasteiger partial charge < -0.3 is 24.6 Å².